The molecule has 4 aromatic rings. The van der Waals surface area contributed by atoms with Crippen molar-refractivity contribution in [3.63, 3.8) is 0 Å². The van der Waals surface area contributed by atoms with Crippen LogP contribution in [-0.4, -0.2) is 20.7 Å². The van der Waals surface area contributed by atoms with Crippen LogP contribution in [0.4, 0.5) is 0 Å². The number of rotatable bonds is 6. The number of benzene rings is 1. The summed E-state index contributed by atoms with van der Waals surface area (Å²) in [5.74, 6) is -0.416. The number of carbonyl (C=O) groups excluding carboxylic acids is 1. The lowest BCUT2D eigenvalue weighted by atomic mass is 10.3. The van der Waals surface area contributed by atoms with Gasteiger partial charge < -0.3 is 13.7 Å². The number of ether oxygens (including phenoxy) is 1. The number of hydrogen-bond donors (Lipinski definition) is 0. The van der Waals surface area contributed by atoms with E-state index in [1.807, 2.05) is 16.8 Å². The molecule has 0 unspecified atom stereocenters. The third kappa shape index (κ3) is 3.79. The van der Waals surface area contributed by atoms with E-state index in [2.05, 4.69) is 10.1 Å². The lowest BCUT2D eigenvalue weighted by Crippen LogP contribution is -2.17. The molecule has 0 saturated carbocycles. The SMILES string of the molecule is O=C(CCn1c(=O)oc2cc(Cl)ccc21)OCc1nc(-c2ccsc2)no1. The molecular weight excluding hydrogens is 394 g/mol. The number of fused-ring (bicyclic) bond motifs is 1. The molecule has 4 rings (SSSR count). The highest BCUT2D eigenvalue weighted by Crippen LogP contribution is 2.20. The third-order valence-corrected chi connectivity index (χ3v) is 4.69. The first-order valence-corrected chi connectivity index (χ1v) is 9.22. The number of aromatic nitrogens is 3. The zero-order chi connectivity index (χ0) is 18.8. The number of halogens is 1. The van der Waals surface area contributed by atoms with Crippen LogP contribution in [-0.2, 0) is 22.7 Å². The van der Waals surface area contributed by atoms with E-state index in [1.54, 1.807) is 18.2 Å². The van der Waals surface area contributed by atoms with Crippen molar-refractivity contribution >= 4 is 40.0 Å². The summed E-state index contributed by atoms with van der Waals surface area (Å²) < 4.78 is 16.7. The van der Waals surface area contributed by atoms with E-state index in [4.69, 9.17) is 25.3 Å². The molecule has 8 nitrogen and oxygen atoms in total. The van der Waals surface area contributed by atoms with Crippen molar-refractivity contribution in [1.29, 1.82) is 0 Å². The van der Waals surface area contributed by atoms with Gasteiger partial charge in [-0.1, -0.05) is 16.8 Å². The number of carbonyl (C=O) groups is 1. The van der Waals surface area contributed by atoms with Crippen LogP contribution in [0.5, 0.6) is 0 Å². The van der Waals surface area contributed by atoms with E-state index >= 15 is 0 Å². The van der Waals surface area contributed by atoms with Gasteiger partial charge in [-0.2, -0.15) is 16.3 Å². The van der Waals surface area contributed by atoms with Crippen LogP contribution in [0.3, 0.4) is 0 Å². The van der Waals surface area contributed by atoms with Gasteiger partial charge in [-0.25, -0.2) is 4.79 Å². The van der Waals surface area contributed by atoms with Crippen molar-refractivity contribution in [2.24, 2.45) is 0 Å². The molecule has 1 aromatic carbocycles. The monoisotopic (exact) mass is 405 g/mol. The largest absolute Gasteiger partial charge is 0.456 e. The number of hydrogen-bond acceptors (Lipinski definition) is 8. The van der Waals surface area contributed by atoms with Crippen LogP contribution in [0, 0.1) is 0 Å². The molecule has 0 aliphatic rings. The fraction of sp³-hybridized carbons (Fsp3) is 0.176. The van der Waals surface area contributed by atoms with E-state index in [0.717, 1.165) is 5.56 Å². The Morgan fingerprint density at radius 3 is 3.04 bits per heavy atom. The normalized spacial score (nSPS) is 11.1. The summed E-state index contributed by atoms with van der Waals surface area (Å²) in [5.41, 5.74) is 1.77. The zero-order valence-corrected chi connectivity index (χ0v) is 15.3. The van der Waals surface area contributed by atoms with Crippen LogP contribution in [0.1, 0.15) is 12.3 Å². The maximum absolute atomic E-state index is 12.0. The first kappa shape index (κ1) is 17.5. The van der Waals surface area contributed by atoms with Crippen LogP contribution >= 0.6 is 22.9 Å². The predicted octanol–water partition coefficient (Wildman–Crippen LogP) is 3.49. The second-order valence-corrected chi connectivity index (χ2v) is 6.78. The highest BCUT2D eigenvalue weighted by atomic mass is 35.5. The minimum atomic E-state index is -0.558. The molecule has 0 bridgehead atoms. The Labute approximate surface area is 160 Å². The molecule has 0 radical (unpaired) electrons. The van der Waals surface area contributed by atoms with Crippen molar-refractivity contribution in [2.75, 3.05) is 0 Å². The van der Waals surface area contributed by atoms with E-state index in [1.165, 1.54) is 15.9 Å². The fourth-order valence-corrected chi connectivity index (χ4v) is 3.29. The van der Waals surface area contributed by atoms with Crippen molar-refractivity contribution in [3.05, 3.63) is 56.5 Å². The number of esters is 1. The standard InChI is InChI=1S/C17H12ClN3O5S/c18-11-1-2-12-13(7-11)25-17(23)21(12)5-3-15(22)24-8-14-19-16(20-26-14)10-4-6-27-9-10/h1-2,4,6-7,9H,3,5,8H2. The summed E-state index contributed by atoms with van der Waals surface area (Å²) in [4.78, 5) is 28.1. The first-order valence-electron chi connectivity index (χ1n) is 7.90. The Bertz CT molecular complexity index is 1150. The molecule has 3 heterocycles. The summed E-state index contributed by atoms with van der Waals surface area (Å²) in [6.07, 6.45) is -0.0112. The molecule has 0 aliphatic heterocycles. The summed E-state index contributed by atoms with van der Waals surface area (Å²) >= 11 is 7.40. The summed E-state index contributed by atoms with van der Waals surface area (Å²) in [5, 5.41) is 8.09. The maximum atomic E-state index is 12.0. The molecule has 27 heavy (non-hydrogen) atoms. The molecule has 0 fully saturated rings. The first-order chi connectivity index (χ1) is 13.1. The van der Waals surface area contributed by atoms with Crippen molar-refractivity contribution < 1.29 is 18.5 Å². The van der Waals surface area contributed by atoms with Crippen molar-refractivity contribution in [1.82, 2.24) is 14.7 Å². The van der Waals surface area contributed by atoms with Crippen molar-refractivity contribution in [3.8, 4) is 11.4 Å². The van der Waals surface area contributed by atoms with E-state index in [9.17, 15) is 9.59 Å². The number of oxazole rings is 1. The quantitative estimate of drug-likeness (QED) is 0.452. The minimum Gasteiger partial charge on any atom is -0.456 e. The predicted molar refractivity (Wildman–Crippen MR) is 97.5 cm³/mol. The van der Waals surface area contributed by atoms with Gasteiger partial charge in [-0.05, 0) is 23.6 Å². The molecule has 0 N–H and O–H groups in total. The fourth-order valence-electron chi connectivity index (χ4n) is 2.49. The Morgan fingerprint density at radius 2 is 2.22 bits per heavy atom. The zero-order valence-electron chi connectivity index (χ0n) is 13.8. The molecular formula is C17H12ClN3O5S. The smallest absolute Gasteiger partial charge is 0.419 e. The molecule has 0 atom stereocenters. The Kier molecular flexibility index (Phi) is 4.78. The van der Waals surface area contributed by atoms with Gasteiger partial charge in [0.15, 0.2) is 12.2 Å². The van der Waals surface area contributed by atoms with Crippen LogP contribution in [0.2, 0.25) is 5.02 Å². The van der Waals surface area contributed by atoms with Gasteiger partial charge in [0, 0.05) is 28.6 Å². The second-order valence-electron chi connectivity index (χ2n) is 5.57. The van der Waals surface area contributed by atoms with Gasteiger partial charge in [0.2, 0.25) is 5.82 Å². The molecule has 138 valence electrons. The molecule has 0 amide bonds. The Balaban J connectivity index is 1.35. The molecule has 3 aromatic heterocycles. The molecule has 0 aliphatic carbocycles. The van der Waals surface area contributed by atoms with Crippen LogP contribution < -0.4 is 5.76 Å². The molecule has 10 heteroatoms. The molecule has 0 spiro atoms. The Morgan fingerprint density at radius 1 is 1.33 bits per heavy atom. The highest BCUT2D eigenvalue weighted by molar-refractivity contribution is 7.08. The average molecular weight is 406 g/mol. The van der Waals surface area contributed by atoms with Gasteiger partial charge in [-0.3, -0.25) is 9.36 Å². The minimum absolute atomic E-state index is 0.0112. The van der Waals surface area contributed by atoms with E-state index in [-0.39, 0.29) is 25.5 Å². The number of nitrogens with zero attached hydrogens (tertiary/aromatic N) is 3. The Hall–Kier alpha value is -2.91. The number of thiophene rings is 1. The highest BCUT2D eigenvalue weighted by Gasteiger charge is 2.14. The van der Waals surface area contributed by atoms with Gasteiger partial charge in [-0.15, -0.1) is 0 Å². The van der Waals surface area contributed by atoms with Gasteiger partial charge in [0.1, 0.15) is 0 Å². The van der Waals surface area contributed by atoms with Gasteiger partial charge >= 0.3 is 11.7 Å². The van der Waals surface area contributed by atoms with E-state index in [0.29, 0.717) is 21.9 Å². The van der Waals surface area contributed by atoms with E-state index < -0.39 is 11.7 Å². The van der Waals surface area contributed by atoms with Crippen LogP contribution in [0.15, 0.2) is 48.8 Å². The molecule has 0 saturated heterocycles. The summed E-state index contributed by atoms with van der Waals surface area (Å²) in [7, 11) is 0. The third-order valence-electron chi connectivity index (χ3n) is 3.77. The van der Waals surface area contributed by atoms with Gasteiger partial charge in [0.25, 0.3) is 5.89 Å². The number of aryl methyl sites for hydroxylation is 1. The second kappa shape index (κ2) is 7.37. The van der Waals surface area contributed by atoms with Gasteiger partial charge in [0.05, 0.1) is 11.9 Å². The maximum Gasteiger partial charge on any atom is 0.419 e. The van der Waals surface area contributed by atoms with Crippen molar-refractivity contribution in [2.45, 2.75) is 19.6 Å². The lowest BCUT2D eigenvalue weighted by molar-refractivity contribution is -0.146. The topological polar surface area (TPSA) is 100 Å². The summed E-state index contributed by atoms with van der Waals surface area (Å²) in [6.45, 7) is -0.0110. The average Bonchev–Trinajstić information content (AvgIpc) is 3.37. The summed E-state index contributed by atoms with van der Waals surface area (Å²) in [6, 6.07) is 6.73. The lowest BCUT2D eigenvalue weighted by Gasteiger charge is -2.03. The van der Waals surface area contributed by atoms with Crippen LogP contribution in [0.25, 0.3) is 22.5 Å².